The van der Waals surface area contributed by atoms with Crippen LogP contribution in [0.3, 0.4) is 0 Å². The van der Waals surface area contributed by atoms with Crippen molar-refractivity contribution < 1.29 is 4.79 Å². The third-order valence-corrected chi connectivity index (χ3v) is 0.437. The summed E-state index contributed by atoms with van der Waals surface area (Å²) in [5.74, 6) is 0. The van der Waals surface area contributed by atoms with Gasteiger partial charge in [0, 0.05) is 0 Å². The molecule has 0 saturated heterocycles. The molecule has 0 N–H and O–H groups in total. The lowest BCUT2D eigenvalue weighted by Crippen LogP contribution is -1.84. The largest absolute Gasteiger partial charge is 0.302 e. The van der Waals surface area contributed by atoms with Gasteiger partial charge in [-0.15, -0.1) is 0 Å². The first kappa shape index (κ1) is 4.63. The van der Waals surface area contributed by atoms with E-state index in [2.05, 4.69) is 6.58 Å². The van der Waals surface area contributed by atoms with Gasteiger partial charge in [0.2, 0.25) is 0 Å². The van der Waals surface area contributed by atoms with Crippen molar-refractivity contribution in [1.29, 1.82) is 0 Å². The minimum absolute atomic E-state index is 0.0648. The summed E-state index contributed by atoms with van der Waals surface area (Å²) in [6.45, 7) is 3.19. The van der Waals surface area contributed by atoms with Crippen molar-refractivity contribution in [2.24, 2.45) is 0 Å². The third kappa shape index (κ3) is 3.63. The average molecular weight is 84.1 g/mol. The summed E-state index contributed by atoms with van der Waals surface area (Å²) in [4.78, 5) is 9.66. The summed E-state index contributed by atoms with van der Waals surface area (Å²) < 4.78 is 0. The predicted molar refractivity (Wildman–Crippen MR) is 22.4 cm³/mol. The molecule has 0 amide bonds. The molecule has 0 aliphatic heterocycles. The summed E-state index contributed by atoms with van der Waals surface area (Å²) in [6.07, 6.45) is 1.24. The van der Waals surface area contributed by atoms with Crippen LogP contribution >= 0.6 is 0 Å². The van der Waals surface area contributed by atoms with E-state index >= 15 is 0 Å². The van der Waals surface area contributed by atoms with Crippen molar-refractivity contribution in [3.63, 3.8) is 0 Å². The highest BCUT2D eigenvalue weighted by Gasteiger charge is 1.70. The molecule has 26 valence electrons. The minimum atomic E-state index is -0.0648. The number of hydrogen-bond acceptors (Lipinski definition) is 1. The fraction of sp³-hybridized carbons (Fsp3) is 0. The molecule has 0 aliphatic carbocycles. The lowest BCUT2D eigenvalue weighted by atomic mass is 10.7. The third-order valence-electron chi connectivity index (χ3n) is 0.201. The Kier molecular flexibility index (Phi) is 1.76. The zero-order valence-electron chi connectivity index (χ0n) is 2.77. The molecule has 2 heteroatoms. The summed E-state index contributed by atoms with van der Waals surface area (Å²) in [7, 11) is 1.98. The summed E-state index contributed by atoms with van der Waals surface area (Å²) in [5, 5.41) is -0.0648. The van der Waals surface area contributed by atoms with Crippen LogP contribution in [0.2, 0.25) is 0 Å². The van der Waals surface area contributed by atoms with Crippen molar-refractivity contribution in [2.45, 2.75) is 0 Å². The van der Waals surface area contributed by atoms with Crippen molar-refractivity contribution in [1.82, 2.24) is 0 Å². The van der Waals surface area contributed by atoms with Gasteiger partial charge in [0.25, 0.3) is 0 Å². The van der Waals surface area contributed by atoms with Gasteiger partial charge in [-0.05, 0) is 6.08 Å². The fourth-order valence-corrected chi connectivity index (χ4v) is 0. The van der Waals surface area contributed by atoms with Crippen molar-refractivity contribution in [2.75, 3.05) is 0 Å². The second-order valence-electron chi connectivity index (χ2n) is 0.606. The van der Waals surface area contributed by atoms with Crippen LogP contribution in [0.5, 0.6) is 0 Å². The quantitative estimate of drug-likeness (QED) is 0.312. The first-order chi connectivity index (χ1) is 2.27. The Balaban J connectivity index is 3.20. The van der Waals surface area contributed by atoms with Crippen LogP contribution in [-0.4, -0.2) is 15.6 Å². The molecule has 0 fully saturated rings. The number of hydrogen-bond donors (Lipinski definition) is 0. The van der Waals surface area contributed by atoms with Gasteiger partial charge in [-0.3, -0.25) is 0 Å². The molecular weight excluding hydrogens is 80.1 g/mol. The molecule has 0 atom stereocenters. The maximum absolute atomic E-state index is 9.66. The zero-order chi connectivity index (χ0) is 4.28. The maximum Gasteiger partial charge on any atom is 0.124 e. The second-order valence-corrected chi connectivity index (χ2v) is 1.18. The topological polar surface area (TPSA) is 17.1 Å². The van der Waals surface area contributed by atoms with Gasteiger partial charge in [-0.25, -0.2) is 0 Å². The van der Waals surface area contributed by atoms with E-state index in [-0.39, 0.29) is 5.41 Å². The van der Waals surface area contributed by atoms with Crippen LogP contribution in [0, 0.1) is 0 Å². The molecule has 5 heavy (non-hydrogen) atoms. The van der Waals surface area contributed by atoms with Gasteiger partial charge in [0.1, 0.15) is 15.6 Å². The van der Waals surface area contributed by atoms with Crippen LogP contribution in [0.15, 0.2) is 12.7 Å². The van der Waals surface area contributed by atoms with Gasteiger partial charge < -0.3 is 4.79 Å². The Morgan fingerprint density at radius 1 is 2.00 bits per heavy atom. The van der Waals surface area contributed by atoms with E-state index in [4.69, 9.17) is 0 Å². The van der Waals surface area contributed by atoms with E-state index in [0.29, 0.717) is 0 Å². The summed E-state index contributed by atoms with van der Waals surface area (Å²) >= 11 is 0. The lowest BCUT2D eigenvalue weighted by molar-refractivity contribution is -0.107. The molecule has 0 aromatic heterocycles. The molecule has 0 aliphatic rings. The van der Waals surface area contributed by atoms with Crippen LogP contribution in [0.4, 0.5) is 0 Å². The Morgan fingerprint density at radius 2 is 2.20 bits per heavy atom. The second kappa shape index (κ2) is 1.90. The minimum Gasteiger partial charge on any atom is -0.302 e. The van der Waals surface area contributed by atoms with Gasteiger partial charge in [0.05, 0.1) is 0 Å². The Morgan fingerprint density at radius 3 is 2.20 bits per heavy atom. The molecule has 1 nitrogen and oxygen atoms in total. The van der Waals surface area contributed by atoms with Gasteiger partial charge in [-0.1, -0.05) is 6.58 Å². The summed E-state index contributed by atoms with van der Waals surface area (Å²) in [5.41, 5.74) is 0. The Hall–Kier alpha value is -0.373. The van der Waals surface area contributed by atoms with Crippen LogP contribution in [0.25, 0.3) is 0 Å². The molecule has 0 spiro atoms. The molecule has 0 heterocycles. The number of rotatable bonds is 1. The molecular formula is C3H4OSi. The fourth-order valence-electron chi connectivity index (χ4n) is 0. The number of allylic oxidation sites excluding steroid dienone is 1. The SMILES string of the molecule is C=CC(=O)[SiH]. The lowest BCUT2D eigenvalue weighted by Gasteiger charge is -1.62. The molecule has 0 rings (SSSR count). The maximum atomic E-state index is 9.66. The molecule has 0 aromatic carbocycles. The molecule has 0 aromatic rings. The van der Waals surface area contributed by atoms with Gasteiger partial charge in [-0.2, -0.15) is 0 Å². The van der Waals surface area contributed by atoms with Gasteiger partial charge in [0.15, 0.2) is 0 Å². The highest BCUT2D eigenvalue weighted by Crippen LogP contribution is 1.53. The monoisotopic (exact) mass is 84.0 g/mol. The first-order valence-electron chi connectivity index (χ1n) is 1.19. The van der Waals surface area contributed by atoms with E-state index in [9.17, 15) is 4.79 Å². The highest BCUT2D eigenvalue weighted by molar-refractivity contribution is 6.60. The predicted octanol–water partition coefficient (Wildman–Crippen LogP) is -0.400. The molecule has 0 saturated carbocycles. The molecule has 0 unspecified atom stereocenters. The number of carbonyl (C=O) groups excluding carboxylic acids is 1. The highest BCUT2D eigenvalue weighted by atomic mass is 28.1. The van der Waals surface area contributed by atoms with Gasteiger partial charge >= 0.3 is 0 Å². The molecule has 2 radical (unpaired) electrons. The van der Waals surface area contributed by atoms with Crippen molar-refractivity contribution >= 4 is 15.6 Å². The van der Waals surface area contributed by atoms with E-state index in [1.165, 1.54) is 6.08 Å². The van der Waals surface area contributed by atoms with E-state index in [1.807, 2.05) is 10.2 Å². The van der Waals surface area contributed by atoms with Crippen molar-refractivity contribution in [3.05, 3.63) is 12.7 Å². The van der Waals surface area contributed by atoms with Crippen LogP contribution in [-0.2, 0) is 4.79 Å². The van der Waals surface area contributed by atoms with E-state index < -0.39 is 0 Å². The normalized spacial score (nSPS) is 6.60. The standard InChI is InChI=1S/C3H4OSi/c1-2-3(4)5/h2,5H,1H2. The van der Waals surface area contributed by atoms with E-state index in [0.717, 1.165) is 0 Å². The Labute approximate surface area is 34.1 Å². The average Bonchev–Trinajstić information content (AvgIpc) is 1.38. The zero-order valence-corrected chi connectivity index (χ0v) is 3.92. The van der Waals surface area contributed by atoms with Crippen LogP contribution in [0.1, 0.15) is 0 Å². The van der Waals surface area contributed by atoms with Crippen LogP contribution < -0.4 is 0 Å². The smallest absolute Gasteiger partial charge is 0.124 e. The van der Waals surface area contributed by atoms with E-state index in [1.54, 1.807) is 0 Å². The number of carbonyl (C=O) groups is 1. The molecule has 0 bridgehead atoms. The Bertz CT molecular complexity index is 57.9. The van der Waals surface area contributed by atoms with Crippen molar-refractivity contribution in [3.8, 4) is 0 Å². The first-order valence-corrected chi connectivity index (χ1v) is 1.77. The summed E-state index contributed by atoms with van der Waals surface area (Å²) in [6, 6.07) is 0.